The van der Waals surface area contributed by atoms with Gasteiger partial charge in [-0.1, -0.05) is 0 Å². The highest BCUT2D eigenvalue weighted by atomic mass is 16.3. The third-order valence-electron chi connectivity index (χ3n) is 1.93. The van der Waals surface area contributed by atoms with Crippen molar-refractivity contribution < 1.29 is 9.90 Å². The van der Waals surface area contributed by atoms with Crippen LogP contribution in [-0.2, 0) is 4.79 Å². The van der Waals surface area contributed by atoms with E-state index in [-0.39, 0.29) is 24.5 Å². The lowest BCUT2D eigenvalue weighted by Gasteiger charge is -2.25. The Morgan fingerprint density at radius 1 is 1.70 bits per heavy atom. The quantitative estimate of drug-likeness (QED) is 0.538. The second kappa shape index (κ2) is 3.01. The zero-order chi connectivity index (χ0) is 7.56. The predicted molar refractivity (Wildman–Crippen MR) is 37.4 cm³/mol. The van der Waals surface area contributed by atoms with Gasteiger partial charge < -0.3 is 10.4 Å². The van der Waals surface area contributed by atoms with Crippen LogP contribution >= 0.6 is 0 Å². The molecule has 0 aromatic heterocycles. The van der Waals surface area contributed by atoms with Crippen molar-refractivity contribution in [2.75, 3.05) is 6.61 Å². The van der Waals surface area contributed by atoms with Crippen LogP contribution < -0.4 is 5.32 Å². The van der Waals surface area contributed by atoms with Gasteiger partial charge in [-0.25, -0.2) is 0 Å². The molecule has 3 nitrogen and oxygen atoms in total. The number of rotatable bonds is 1. The third kappa shape index (κ3) is 1.48. The minimum atomic E-state index is -0.156. The van der Waals surface area contributed by atoms with Crippen LogP contribution in [-0.4, -0.2) is 23.7 Å². The number of nitrogens with one attached hydrogen (secondary N) is 1. The lowest BCUT2D eigenvalue weighted by molar-refractivity contribution is -0.128. The average Bonchev–Trinajstić information content (AvgIpc) is 1.88. The fraction of sp³-hybridized carbons (Fsp3) is 0.857. The van der Waals surface area contributed by atoms with Gasteiger partial charge in [0, 0.05) is 6.04 Å². The standard InChI is InChI=1S/C7H13NO2/c1-5-2-3-6(4-9)7(10)8-5/h5-6,9H,2-4H2,1H3,(H,8,10)/t5-,6+/m0/s1. The Balaban J connectivity index is 2.43. The molecule has 0 aliphatic carbocycles. The number of piperidine rings is 1. The van der Waals surface area contributed by atoms with Crippen molar-refractivity contribution in [3.63, 3.8) is 0 Å². The van der Waals surface area contributed by atoms with Crippen LogP contribution in [0.15, 0.2) is 0 Å². The first-order valence-electron chi connectivity index (χ1n) is 3.65. The molecule has 58 valence electrons. The highest BCUT2D eigenvalue weighted by Crippen LogP contribution is 2.13. The Labute approximate surface area is 60.4 Å². The summed E-state index contributed by atoms with van der Waals surface area (Å²) in [5, 5.41) is 11.5. The van der Waals surface area contributed by atoms with E-state index in [2.05, 4.69) is 5.32 Å². The normalized spacial score (nSPS) is 33.6. The van der Waals surface area contributed by atoms with Crippen molar-refractivity contribution in [1.29, 1.82) is 0 Å². The molecule has 10 heavy (non-hydrogen) atoms. The number of aliphatic hydroxyl groups is 1. The molecule has 0 unspecified atom stereocenters. The Morgan fingerprint density at radius 3 is 2.90 bits per heavy atom. The lowest BCUT2D eigenvalue weighted by atomic mass is 9.95. The Kier molecular flexibility index (Phi) is 2.27. The predicted octanol–water partition coefficient (Wildman–Crippen LogP) is -0.107. The first-order chi connectivity index (χ1) is 4.74. The van der Waals surface area contributed by atoms with E-state index in [9.17, 15) is 4.79 Å². The summed E-state index contributed by atoms with van der Waals surface area (Å²) in [7, 11) is 0. The van der Waals surface area contributed by atoms with Crippen LogP contribution in [0, 0.1) is 5.92 Å². The number of carbonyl (C=O) groups excluding carboxylic acids is 1. The van der Waals surface area contributed by atoms with Gasteiger partial charge in [-0.3, -0.25) is 4.79 Å². The van der Waals surface area contributed by atoms with Crippen LogP contribution in [0.3, 0.4) is 0 Å². The van der Waals surface area contributed by atoms with Gasteiger partial charge in [0.2, 0.25) is 5.91 Å². The molecule has 0 aromatic rings. The second-order valence-electron chi connectivity index (χ2n) is 2.87. The van der Waals surface area contributed by atoms with Crippen molar-refractivity contribution >= 4 is 5.91 Å². The molecular weight excluding hydrogens is 130 g/mol. The summed E-state index contributed by atoms with van der Waals surface area (Å²) < 4.78 is 0. The summed E-state index contributed by atoms with van der Waals surface area (Å²) in [5.74, 6) is -0.155. The number of carbonyl (C=O) groups is 1. The van der Waals surface area contributed by atoms with Gasteiger partial charge in [-0.15, -0.1) is 0 Å². The molecule has 3 heteroatoms. The summed E-state index contributed by atoms with van der Waals surface area (Å²) in [6.45, 7) is 1.96. The van der Waals surface area contributed by atoms with Gasteiger partial charge in [-0.2, -0.15) is 0 Å². The number of hydrogen-bond acceptors (Lipinski definition) is 2. The number of amides is 1. The smallest absolute Gasteiger partial charge is 0.225 e. The van der Waals surface area contributed by atoms with Crippen LogP contribution in [0.25, 0.3) is 0 Å². The highest BCUT2D eigenvalue weighted by Gasteiger charge is 2.24. The van der Waals surface area contributed by atoms with Gasteiger partial charge in [0.15, 0.2) is 0 Å². The first-order valence-corrected chi connectivity index (χ1v) is 3.65. The number of hydrogen-bond donors (Lipinski definition) is 2. The van der Waals surface area contributed by atoms with E-state index in [1.165, 1.54) is 0 Å². The minimum absolute atomic E-state index is 0.00116. The van der Waals surface area contributed by atoms with E-state index in [1.54, 1.807) is 0 Å². The van der Waals surface area contributed by atoms with Crippen molar-refractivity contribution in [2.24, 2.45) is 5.92 Å². The molecule has 0 radical (unpaired) electrons. The maximum atomic E-state index is 11.0. The minimum Gasteiger partial charge on any atom is -0.396 e. The van der Waals surface area contributed by atoms with Crippen molar-refractivity contribution in [2.45, 2.75) is 25.8 Å². The van der Waals surface area contributed by atoms with Gasteiger partial charge in [0.1, 0.15) is 0 Å². The lowest BCUT2D eigenvalue weighted by Crippen LogP contribution is -2.43. The van der Waals surface area contributed by atoms with Gasteiger partial charge in [-0.05, 0) is 19.8 Å². The van der Waals surface area contributed by atoms with Gasteiger partial charge in [0.05, 0.1) is 12.5 Å². The average molecular weight is 143 g/mol. The van der Waals surface area contributed by atoms with Gasteiger partial charge in [0.25, 0.3) is 0 Å². The van der Waals surface area contributed by atoms with E-state index >= 15 is 0 Å². The molecule has 0 saturated carbocycles. The van der Waals surface area contributed by atoms with E-state index < -0.39 is 0 Å². The molecule has 0 aromatic carbocycles. The topological polar surface area (TPSA) is 49.3 Å². The fourth-order valence-corrected chi connectivity index (χ4v) is 1.19. The maximum absolute atomic E-state index is 11.0. The second-order valence-corrected chi connectivity index (χ2v) is 2.87. The molecule has 1 saturated heterocycles. The first kappa shape index (κ1) is 7.54. The molecule has 2 atom stereocenters. The SMILES string of the molecule is C[C@H]1CC[C@H](CO)C(=O)N1. The molecule has 1 aliphatic rings. The Hall–Kier alpha value is -0.570. The van der Waals surface area contributed by atoms with Gasteiger partial charge >= 0.3 is 0 Å². The van der Waals surface area contributed by atoms with Crippen LogP contribution in [0.5, 0.6) is 0 Å². The highest BCUT2D eigenvalue weighted by molar-refractivity contribution is 5.79. The van der Waals surface area contributed by atoms with Crippen LogP contribution in [0.1, 0.15) is 19.8 Å². The zero-order valence-corrected chi connectivity index (χ0v) is 6.13. The summed E-state index contributed by atoms with van der Waals surface area (Å²) in [4.78, 5) is 11.0. The summed E-state index contributed by atoms with van der Waals surface area (Å²) in [6.07, 6.45) is 1.81. The molecule has 1 fully saturated rings. The maximum Gasteiger partial charge on any atom is 0.225 e. The largest absolute Gasteiger partial charge is 0.396 e. The summed E-state index contributed by atoms with van der Waals surface area (Å²) >= 11 is 0. The van der Waals surface area contributed by atoms with E-state index in [4.69, 9.17) is 5.11 Å². The molecule has 0 bridgehead atoms. The monoisotopic (exact) mass is 143 g/mol. The molecule has 0 spiro atoms. The fourth-order valence-electron chi connectivity index (χ4n) is 1.19. The molecule has 1 aliphatic heterocycles. The molecule has 2 N–H and O–H groups in total. The third-order valence-corrected chi connectivity index (χ3v) is 1.93. The van der Waals surface area contributed by atoms with Crippen molar-refractivity contribution in [3.05, 3.63) is 0 Å². The van der Waals surface area contributed by atoms with Crippen LogP contribution in [0.4, 0.5) is 0 Å². The van der Waals surface area contributed by atoms with Crippen LogP contribution in [0.2, 0.25) is 0 Å². The number of aliphatic hydroxyl groups excluding tert-OH is 1. The van der Waals surface area contributed by atoms with Crippen molar-refractivity contribution in [3.8, 4) is 0 Å². The summed E-state index contributed by atoms with van der Waals surface area (Å²) in [6, 6.07) is 0.287. The van der Waals surface area contributed by atoms with E-state index in [0.717, 1.165) is 12.8 Å². The Bertz CT molecular complexity index is 136. The van der Waals surface area contributed by atoms with E-state index in [0.29, 0.717) is 0 Å². The molecule has 1 rings (SSSR count). The molecule has 1 heterocycles. The Morgan fingerprint density at radius 2 is 2.40 bits per heavy atom. The zero-order valence-electron chi connectivity index (χ0n) is 6.13. The summed E-state index contributed by atoms with van der Waals surface area (Å²) in [5.41, 5.74) is 0. The van der Waals surface area contributed by atoms with Crippen molar-refractivity contribution in [1.82, 2.24) is 5.32 Å². The van der Waals surface area contributed by atoms with E-state index in [1.807, 2.05) is 6.92 Å². The molecular formula is C7H13NO2. The molecule has 1 amide bonds.